The van der Waals surface area contributed by atoms with Crippen molar-refractivity contribution in [3.05, 3.63) is 35.0 Å². The van der Waals surface area contributed by atoms with Gasteiger partial charge in [-0.3, -0.25) is 9.59 Å². The van der Waals surface area contributed by atoms with Gasteiger partial charge in [0.2, 0.25) is 5.91 Å². The number of aliphatic hydroxyl groups is 1. The predicted molar refractivity (Wildman–Crippen MR) is 133 cm³/mol. The molecule has 0 bridgehead atoms. The molecule has 9 heteroatoms. The first-order chi connectivity index (χ1) is 15.3. The molecule has 2 aromatic rings. The van der Waals surface area contributed by atoms with Crippen molar-refractivity contribution in [1.82, 2.24) is 20.1 Å². The number of carbonyl (C=O) groups is 2. The molecular formula is C24H34Cl2N4O3. The quantitative estimate of drug-likeness (QED) is 0.592. The molecule has 2 aliphatic heterocycles. The summed E-state index contributed by atoms with van der Waals surface area (Å²) in [6, 6.07) is 6.06. The first kappa shape index (κ1) is 25.8. The summed E-state index contributed by atoms with van der Waals surface area (Å²) in [5, 5.41) is 14.4. The number of H-pyrrole nitrogens is 1. The van der Waals surface area contributed by atoms with E-state index in [4.69, 9.17) is 11.6 Å². The van der Waals surface area contributed by atoms with Crippen molar-refractivity contribution in [2.75, 3.05) is 33.2 Å². The lowest BCUT2D eigenvalue weighted by molar-refractivity contribution is -0.137. The Kier molecular flexibility index (Phi) is 8.67. The second kappa shape index (κ2) is 11.1. The third kappa shape index (κ3) is 6.01. The SMILES string of the molecule is C[C@@H](O)[C@@H](NC(=O)c1cc2cc(Cl)ccc2[nH]1)C(=O)N1CCC(C2CCN(C)CC2)CC1.Cl. The lowest BCUT2D eigenvalue weighted by Crippen LogP contribution is -2.55. The third-order valence-electron chi connectivity index (χ3n) is 7.14. The maximum Gasteiger partial charge on any atom is 0.268 e. The molecule has 2 saturated heterocycles. The maximum absolute atomic E-state index is 13.2. The smallest absolute Gasteiger partial charge is 0.268 e. The fraction of sp³-hybridized carbons (Fsp3) is 0.583. The molecule has 3 N–H and O–H groups in total. The molecule has 33 heavy (non-hydrogen) atoms. The van der Waals surface area contributed by atoms with Gasteiger partial charge in [0.25, 0.3) is 5.91 Å². The Hall–Kier alpha value is -1.80. The highest BCUT2D eigenvalue weighted by atomic mass is 35.5. The third-order valence-corrected chi connectivity index (χ3v) is 7.38. The van der Waals surface area contributed by atoms with Crippen molar-refractivity contribution in [3.63, 3.8) is 0 Å². The summed E-state index contributed by atoms with van der Waals surface area (Å²) in [5.41, 5.74) is 1.12. The van der Waals surface area contributed by atoms with Crippen LogP contribution in [-0.4, -0.2) is 77.1 Å². The maximum atomic E-state index is 13.2. The summed E-state index contributed by atoms with van der Waals surface area (Å²) in [6.07, 6.45) is 3.46. The van der Waals surface area contributed by atoms with Crippen LogP contribution in [-0.2, 0) is 4.79 Å². The number of likely N-dealkylation sites (tertiary alicyclic amines) is 2. The van der Waals surface area contributed by atoms with Crippen LogP contribution in [0.2, 0.25) is 5.02 Å². The standard InChI is InChI=1S/C24H33ClN4O3.ClH/c1-15(30)22(27-23(31)21-14-18-13-19(25)3-4-20(18)26-21)24(32)29-11-7-17(8-12-29)16-5-9-28(2)10-6-16;/h3-4,13-17,22,26,30H,5-12H2,1-2H3,(H,27,31);1H/t15-,22-;/m1./s1. The lowest BCUT2D eigenvalue weighted by atomic mass is 9.79. The van der Waals surface area contributed by atoms with Gasteiger partial charge in [-0.2, -0.15) is 0 Å². The number of carbonyl (C=O) groups excluding carboxylic acids is 2. The van der Waals surface area contributed by atoms with E-state index in [1.165, 1.54) is 12.8 Å². The minimum Gasteiger partial charge on any atom is -0.391 e. The normalized spacial score (nSPS) is 20.3. The number of fused-ring (bicyclic) bond motifs is 1. The lowest BCUT2D eigenvalue weighted by Gasteiger charge is -2.40. The second-order valence-electron chi connectivity index (χ2n) is 9.41. The molecule has 0 unspecified atom stereocenters. The number of aromatic nitrogens is 1. The van der Waals surface area contributed by atoms with E-state index >= 15 is 0 Å². The molecule has 4 rings (SSSR count). The van der Waals surface area contributed by atoms with Crippen molar-refractivity contribution < 1.29 is 14.7 Å². The number of piperidine rings is 2. The van der Waals surface area contributed by atoms with E-state index in [9.17, 15) is 14.7 Å². The molecule has 2 aliphatic rings. The van der Waals surface area contributed by atoms with E-state index in [1.807, 2.05) is 0 Å². The number of hydrogen-bond donors (Lipinski definition) is 3. The molecule has 2 atom stereocenters. The molecular weight excluding hydrogens is 463 g/mol. The van der Waals surface area contributed by atoms with E-state index in [0.29, 0.717) is 29.7 Å². The zero-order valence-electron chi connectivity index (χ0n) is 19.2. The van der Waals surface area contributed by atoms with Crippen LogP contribution in [0, 0.1) is 11.8 Å². The number of rotatable bonds is 5. The molecule has 1 aromatic carbocycles. The number of halogens is 2. The first-order valence-electron chi connectivity index (χ1n) is 11.6. The predicted octanol–water partition coefficient (Wildman–Crippen LogP) is 3.30. The monoisotopic (exact) mass is 496 g/mol. The second-order valence-corrected chi connectivity index (χ2v) is 9.85. The Bertz CT molecular complexity index is 964. The van der Waals surface area contributed by atoms with Crippen LogP contribution < -0.4 is 5.32 Å². The Labute approximate surface area is 206 Å². The number of aromatic amines is 1. The zero-order chi connectivity index (χ0) is 22.8. The summed E-state index contributed by atoms with van der Waals surface area (Å²) in [7, 11) is 2.17. The zero-order valence-corrected chi connectivity index (χ0v) is 20.8. The molecule has 0 spiro atoms. The van der Waals surface area contributed by atoms with Crippen LogP contribution >= 0.6 is 24.0 Å². The fourth-order valence-corrected chi connectivity index (χ4v) is 5.30. The van der Waals surface area contributed by atoms with Gasteiger partial charge in [-0.05, 0) is 88.8 Å². The van der Waals surface area contributed by atoms with Crippen molar-refractivity contribution in [3.8, 4) is 0 Å². The van der Waals surface area contributed by atoms with Crippen LogP contribution in [0.4, 0.5) is 0 Å². The molecule has 0 radical (unpaired) electrons. The Balaban J connectivity index is 0.00000306. The van der Waals surface area contributed by atoms with Gasteiger partial charge in [0, 0.05) is 29.0 Å². The van der Waals surface area contributed by atoms with Crippen molar-refractivity contribution in [2.24, 2.45) is 11.8 Å². The molecule has 1 aromatic heterocycles. The van der Waals surface area contributed by atoms with Crippen LogP contribution in [0.5, 0.6) is 0 Å². The molecule has 0 saturated carbocycles. The van der Waals surface area contributed by atoms with Gasteiger partial charge in [-0.1, -0.05) is 11.6 Å². The molecule has 3 heterocycles. The number of nitrogens with one attached hydrogen (secondary N) is 2. The molecule has 182 valence electrons. The Morgan fingerprint density at radius 3 is 2.30 bits per heavy atom. The van der Waals surface area contributed by atoms with E-state index < -0.39 is 18.1 Å². The van der Waals surface area contributed by atoms with Gasteiger partial charge in [0.1, 0.15) is 11.7 Å². The number of nitrogens with zero attached hydrogens (tertiary/aromatic N) is 2. The van der Waals surface area contributed by atoms with E-state index in [2.05, 4.69) is 22.2 Å². The van der Waals surface area contributed by atoms with E-state index in [1.54, 1.807) is 36.1 Å². The Morgan fingerprint density at radius 2 is 1.70 bits per heavy atom. The van der Waals surface area contributed by atoms with Crippen LogP contribution in [0.1, 0.15) is 43.1 Å². The molecule has 7 nitrogen and oxygen atoms in total. The van der Waals surface area contributed by atoms with Gasteiger partial charge in [0.15, 0.2) is 0 Å². The molecule has 2 fully saturated rings. The highest BCUT2D eigenvalue weighted by molar-refractivity contribution is 6.31. The minimum absolute atomic E-state index is 0. The van der Waals surface area contributed by atoms with Crippen LogP contribution in [0.15, 0.2) is 24.3 Å². The number of benzene rings is 1. The number of amides is 2. The van der Waals surface area contributed by atoms with E-state index in [0.717, 1.165) is 42.8 Å². The van der Waals surface area contributed by atoms with Gasteiger partial charge in [0.05, 0.1) is 6.10 Å². The van der Waals surface area contributed by atoms with E-state index in [-0.39, 0.29) is 18.3 Å². The van der Waals surface area contributed by atoms with Crippen molar-refractivity contribution >= 4 is 46.7 Å². The summed E-state index contributed by atoms with van der Waals surface area (Å²) in [6.45, 7) is 5.21. The number of aliphatic hydroxyl groups excluding tert-OH is 1. The average Bonchev–Trinajstić information content (AvgIpc) is 3.21. The van der Waals surface area contributed by atoms with Gasteiger partial charge in [-0.15, -0.1) is 12.4 Å². The van der Waals surface area contributed by atoms with Crippen molar-refractivity contribution in [2.45, 2.75) is 44.8 Å². The van der Waals surface area contributed by atoms with Gasteiger partial charge >= 0.3 is 0 Å². The summed E-state index contributed by atoms with van der Waals surface area (Å²) < 4.78 is 0. The largest absolute Gasteiger partial charge is 0.391 e. The van der Waals surface area contributed by atoms with Crippen LogP contribution in [0.3, 0.4) is 0 Å². The highest BCUT2D eigenvalue weighted by Gasteiger charge is 2.35. The minimum atomic E-state index is -0.989. The van der Waals surface area contributed by atoms with Gasteiger partial charge in [-0.25, -0.2) is 0 Å². The average molecular weight is 497 g/mol. The summed E-state index contributed by atoms with van der Waals surface area (Å²) >= 11 is 6.03. The Morgan fingerprint density at radius 1 is 1.09 bits per heavy atom. The summed E-state index contributed by atoms with van der Waals surface area (Å²) in [4.78, 5) is 33.2. The van der Waals surface area contributed by atoms with Gasteiger partial charge < -0.3 is 25.2 Å². The number of hydrogen-bond acceptors (Lipinski definition) is 4. The molecule has 0 aliphatic carbocycles. The first-order valence-corrected chi connectivity index (χ1v) is 11.9. The summed E-state index contributed by atoms with van der Waals surface area (Å²) in [5.74, 6) is 0.767. The molecule has 2 amide bonds. The highest BCUT2D eigenvalue weighted by Crippen LogP contribution is 2.32. The fourth-order valence-electron chi connectivity index (χ4n) is 5.12. The topological polar surface area (TPSA) is 88.7 Å². The van der Waals surface area contributed by atoms with Crippen LogP contribution in [0.25, 0.3) is 10.9 Å². The van der Waals surface area contributed by atoms with Crippen molar-refractivity contribution in [1.29, 1.82) is 0 Å².